The van der Waals surface area contributed by atoms with E-state index in [4.69, 9.17) is 0 Å². The first-order valence-electron chi connectivity index (χ1n) is 8.49. The van der Waals surface area contributed by atoms with Crippen LogP contribution in [0.3, 0.4) is 0 Å². The van der Waals surface area contributed by atoms with Crippen molar-refractivity contribution in [2.24, 2.45) is 0 Å². The van der Waals surface area contributed by atoms with Gasteiger partial charge in [0.05, 0.1) is 11.1 Å². The molecule has 0 spiro atoms. The number of rotatable bonds is 5. The fraction of sp³-hybridized carbons (Fsp3) is 0.0952. The molecule has 3 aromatic rings. The zero-order valence-electron chi connectivity index (χ0n) is 15.0. The number of nitrogens with zero attached hydrogens (tertiary/aromatic N) is 1. The van der Waals surface area contributed by atoms with Crippen LogP contribution in [0.4, 0.5) is 14.5 Å². The molecule has 5 nitrogen and oxygen atoms in total. The van der Waals surface area contributed by atoms with Crippen LogP contribution in [0.1, 0.15) is 31.8 Å². The molecule has 2 aromatic carbocycles. The van der Waals surface area contributed by atoms with Crippen LogP contribution < -0.4 is 10.6 Å². The molecule has 1 heterocycles. The smallest absolute Gasteiger partial charge is 0.257 e. The number of pyridine rings is 1. The van der Waals surface area contributed by atoms with Crippen LogP contribution in [0.5, 0.6) is 0 Å². The van der Waals surface area contributed by atoms with Gasteiger partial charge in [-0.25, -0.2) is 8.78 Å². The van der Waals surface area contributed by atoms with Gasteiger partial charge in [0.1, 0.15) is 17.3 Å². The Labute approximate surface area is 160 Å². The lowest BCUT2D eigenvalue weighted by atomic mass is 10.1. The molecule has 7 heteroatoms. The number of para-hydroxylation sites is 1. The minimum Gasteiger partial charge on any atom is -0.348 e. The summed E-state index contributed by atoms with van der Waals surface area (Å²) in [4.78, 5) is 28.5. The highest BCUT2D eigenvalue weighted by molar-refractivity contribution is 6.05. The number of aryl methyl sites for hydroxylation is 1. The SMILES string of the molecule is Cc1ccccc1CNC(=O)c1cncc(C(=O)Nc2c(F)cccc2F)c1. The fourth-order valence-corrected chi connectivity index (χ4v) is 2.58. The molecular formula is C21H17F2N3O2. The van der Waals surface area contributed by atoms with E-state index in [0.717, 1.165) is 23.3 Å². The van der Waals surface area contributed by atoms with Crippen molar-refractivity contribution in [3.05, 3.63) is 94.8 Å². The predicted octanol–water partition coefficient (Wildman–Crippen LogP) is 3.85. The Bertz CT molecular complexity index is 1020. The number of carbonyl (C=O) groups is 2. The molecule has 0 saturated carbocycles. The summed E-state index contributed by atoms with van der Waals surface area (Å²) in [5.41, 5.74) is 1.62. The molecule has 1 aromatic heterocycles. The maximum absolute atomic E-state index is 13.7. The van der Waals surface area contributed by atoms with Crippen molar-refractivity contribution in [2.45, 2.75) is 13.5 Å². The van der Waals surface area contributed by atoms with Gasteiger partial charge in [0.2, 0.25) is 0 Å². The number of hydrogen-bond donors (Lipinski definition) is 2. The summed E-state index contributed by atoms with van der Waals surface area (Å²) in [5, 5.41) is 4.93. The lowest BCUT2D eigenvalue weighted by Gasteiger charge is -2.10. The average molecular weight is 381 g/mol. The van der Waals surface area contributed by atoms with Gasteiger partial charge in [0.25, 0.3) is 11.8 Å². The van der Waals surface area contributed by atoms with Gasteiger partial charge in [-0.15, -0.1) is 0 Å². The van der Waals surface area contributed by atoms with Crippen LogP contribution in [0.25, 0.3) is 0 Å². The highest BCUT2D eigenvalue weighted by Crippen LogP contribution is 2.19. The molecule has 3 rings (SSSR count). The van der Waals surface area contributed by atoms with Gasteiger partial charge in [0, 0.05) is 18.9 Å². The van der Waals surface area contributed by atoms with Crippen LogP contribution in [-0.4, -0.2) is 16.8 Å². The molecule has 142 valence electrons. The Kier molecular flexibility index (Phi) is 5.74. The standard InChI is InChI=1S/C21H17F2N3O2/c1-13-5-2-3-6-14(13)12-25-20(27)15-9-16(11-24-10-15)21(28)26-19-17(22)7-4-8-18(19)23/h2-11H,12H2,1H3,(H,25,27)(H,26,28). The Balaban J connectivity index is 1.72. The van der Waals surface area contributed by atoms with E-state index in [9.17, 15) is 18.4 Å². The van der Waals surface area contributed by atoms with E-state index in [-0.39, 0.29) is 11.1 Å². The van der Waals surface area contributed by atoms with E-state index in [1.807, 2.05) is 31.2 Å². The molecule has 0 aliphatic carbocycles. The first-order chi connectivity index (χ1) is 13.5. The topological polar surface area (TPSA) is 71.1 Å². The van der Waals surface area contributed by atoms with Gasteiger partial charge in [-0.05, 0) is 36.2 Å². The second kappa shape index (κ2) is 8.39. The summed E-state index contributed by atoms with van der Waals surface area (Å²) in [5.74, 6) is -2.98. The molecule has 0 bridgehead atoms. The Hall–Kier alpha value is -3.61. The van der Waals surface area contributed by atoms with Gasteiger partial charge < -0.3 is 10.6 Å². The van der Waals surface area contributed by atoms with Crippen molar-refractivity contribution in [3.63, 3.8) is 0 Å². The predicted molar refractivity (Wildman–Crippen MR) is 101 cm³/mol. The molecule has 0 radical (unpaired) electrons. The third kappa shape index (κ3) is 4.37. The number of anilines is 1. The summed E-state index contributed by atoms with van der Waals surface area (Å²) in [6.07, 6.45) is 2.53. The molecule has 0 aliphatic rings. The second-order valence-corrected chi connectivity index (χ2v) is 6.12. The number of benzene rings is 2. The quantitative estimate of drug-likeness (QED) is 0.705. The fourth-order valence-electron chi connectivity index (χ4n) is 2.58. The van der Waals surface area contributed by atoms with Crippen molar-refractivity contribution >= 4 is 17.5 Å². The number of amides is 2. The van der Waals surface area contributed by atoms with Crippen molar-refractivity contribution in [2.75, 3.05) is 5.32 Å². The van der Waals surface area contributed by atoms with Crippen molar-refractivity contribution < 1.29 is 18.4 Å². The van der Waals surface area contributed by atoms with E-state index in [2.05, 4.69) is 15.6 Å². The Morgan fingerprint density at radius 2 is 1.57 bits per heavy atom. The Morgan fingerprint density at radius 1 is 0.929 bits per heavy atom. The van der Waals surface area contributed by atoms with Crippen LogP contribution in [0.15, 0.2) is 60.9 Å². The summed E-state index contributed by atoms with van der Waals surface area (Å²) in [6, 6.07) is 12.2. The van der Waals surface area contributed by atoms with E-state index in [1.165, 1.54) is 24.5 Å². The van der Waals surface area contributed by atoms with E-state index < -0.39 is 29.1 Å². The normalized spacial score (nSPS) is 10.4. The minimum absolute atomic E-state index is 0.00574. The van der Waals surface area contributed by atoms with Crippen molar-refractivity contribution in [1.82, 2.24) is 10.3 Å². The number of halogens is 2. The van der Waals surface area contributed by atoms with Crippen LogP contribution in [0, 0.1) is 18.6 Å². The van der Waals surface area contributed by atoms with E-state index >= 15 is 0 Å². The van der Waals surface area contributed by atoms with Crippen LogP contribution >= 0.6 is 0 Å². The molecular weight excluding hydrogens is 364 g/mol. The summed E-state index contributed by atoms with van der Waals surface area (Å²) < 4.78 is 27.4. The molecule has 28 heavy (non-hydrogen) atoms. The molecule has 0 unspecified atom stereocenters. The van der Waals surface area contributed by atoms with E-state index in [0.29, 0.717) is 6.54 Å². The monoisotopic (exact) mass is 381 g/mol. The van der Waals surface area contributed by atoms with Crippen molar-refractivity contribution in [3.8, 4) is 0 Å². The first kappa shape index (κ1) is 19.2. The maximum atomic E-state index is 13.7. The van der Waals surface area contributed by atoms with Gasteiger partial charge >= 0.3 is 0 Å². The van der Waals surface area contributed by atoms with Crippen LogP contribution in [-0.2, 0) is 6.54 Å². The number of aromatic nitrogens is 1. The van der Waals surface area contributed by atoms with Gasteiger partial charge in [-0.2, -0.15) is 0 Å². The highest BCUT2D eigenvalue weighted by Gasteiger charge is 2.15. The molecule has 0 atom stereocenters. The van der Waals surface area contributed by atoms with Gasteiger partial charge in [-0.1, -0.05) is 30.3 Å². The summed E-state index contributed by atoms with van der Waals surface area (Å²) >= 11 is 0. The lowest BCUT2D eigenvalue weighted by Crippen LogP contribution is -2.24. The Morgan fingerprint density at radius 3 is 2.25 bits per heavy atom. The molecule has 0 fully saturated rings. The van der Waals surface area contributed by atoms with E-state index in [1.54, 1.807) is 0 Å². The zero-order valence-corrected chi connectivity index (χ0v) is 15.0. The largest absolute Gasteiger partial charge is 0.348 e. The highest BCUT2D eigenvalue weighted by atomic mass is 19.1. The molecule has 0 saturated heterocycles. The zero-order chi connectivity index (χ0) is 20.1. The van der Waals surface area contributed by atoms with Crippen LogP contribution in [0.2, 0.25) is 0 Å². The van der Waals surface area contributed by atoms with Crippen molar-refractivity contribution in [1.29, 1.82) is 0 Å². The summed E-state index contributed by atoms with van der Waals surface area (Å²) in [6.45, 7) is 2.26. The molecule has 0 aliphatic heterocycles. The first-order valence-corrected chi connectivity index (χ1v) is 8.49. The molecule has 2 N–H and O–H groups in total. The third-order valence-corrected chi connectivity index (χ3v) is 4.16. The van der Waals surface area contributed by atoms with Gasteiger partial charge in [-0.3, -0.25) is 14.6 Å². The number of carbonyl (C=O) groups excluding carboxylic acids is 2. The second-order valence-electron chi connectivity index (χ2n) is 6.12. The third-order valence-electron chi connectivity index (χ3n) is 4.16. The minimum atomic E-state index is -0.895. The summed E-state index contributed by atoms with van der Waals surface area (Å²) in [7, 11) is 0. The number of nitrogens with one attached hydrogen (secondary N) is 2. The number of hydrogen-bond acceptors (Lipinski definition) is 3. The maximum Gasteiger partial charge on any atom is 0.257 e. The van der Waals surface area contributed by atoms with Gasteiger partial charge in [0.15, 0.2) is 0 Å². The average Bonchev–Trinajstić information content (AvgIpc) is 2.70. The molecule has 2 amide bonds. The lowest BCUT2D eigenvalue weighted by molar-refractivity contribution is 0.0950.